The maximum absolute atomic E-state index is 8.97. The van der Waals surface area contributed by atoms with Gasteiger partial charge in [0.15, 0.2) is 0 Å². The van der Waals surface area contributed by atoms with E-state index in [2.05, 4.69) is 44.1 Å². The molecule has 0 radical (unpaired) electrons. The van der Waals surface area contributed by atoms with Gasteiger partial charge in [0.05, 0.1) is 11.4 Å². The maximum Gasteiger partial charge on any atom is 0.0928 e. The molecule has 1 aliphatic heterocycles. The Hall–Kier alpha value is -2.70. The summed E-state index contributed by atoms with van der Waals surface area (Å²) in [4.78, 5) is 8.90. The lowest BCUT2D eigenvalue weighted by Crippen LogP contribution is -2.46. The zero-order chi connectivity index (χ0) is 18.5. The number of benzene rings is 1. The largest absolute Gasteiger partial charge is 0.396 e. The summed E-state index contributed by atoms with van der Waals surface area (Å²) in [5, 5.41) is 13.6. The van der Waals surface area contributed by atoms with Crippen LogP contribution in [0.15, 0.2) is 61.1 Å². The lowest BCUT2D eigenvalue weighted by molar-refractivity contribution is 0.216. The summed E-state index contributed by atoms with van der Waals surface area (Å²) in [6.45, 7) is 5.42. The van der Waals surface area contributed by atoms with Crippen molar-refractivity contribution in [3.8, 4) is 16.9 Å². The van der Waals surface area contributed by atoms with E-state index in [0.29, 0.717) is 0 Å². The molecule has 3 heterocycles. The van der Waals surface area contributed by atoms with Gasteiger partial charge in [-0.3, -0.25) is 9.88 Å². The molecule has 2 aromatic heterocycles. The highest BCUT2D eigenvalue weighted by Crippen LogP contribution is 2.21. The zero-order valence-electron chi connectivity index (χ0n) is 15.4. The third-order valence-corrected chi connectivity index (χ3v) is 5.05. The Balaban J connectivity index is 1.41. The molecule has 27 heavy (non-hydrogen) atoms. The standard InChI is InChI=1S/C21H25N5O/c27-17-1-11-24-13-15-25(16-14-24)19-2-4-20(5-3-19)26-12-8-21(23-26)18-6-9-22-10-7-18/h2-10,12,27H,1,11,13-17H2. The van der Waals surface area contributed by atoms with Crippen LogP contribution in [0.25, 0.3) is 16.9 Å². The molecule has 0 saturated carbocycles. The molecule has 0 bridgehead atoms. The summed E-state index contributed by atoms with van der Waals surface area (Å²) in [6, 6.07) is 14.5. The van der Waals surface area contributed by atoms with E-state index in [9.17, 15) is 0 Å². The van der Waals surface area contributed by atoms with Crippen LogP contribution in [-0.4, -0.2) is 64.1 Å². The Morgan fingerprint density at radius 2 is 1.56 bits per heavy atom. The molecule has 0 spiro atoms. The van der Waals surface area contributed by atoms with E-state index in [1.807, 2.05) is 29.1 Å². The van der Waals surface area contributed by atoms with Gasteiger partial charge in [-0.2, -0.15) is 5.10 Å². The van der Waals surface area contributed by atoms with Gasteiger partial charge in [-0.05, 0) is 48.9 Å². The Morgan fingerprint density at radius 3 is 2.26 bits per heavy atom. The van der Waals surface area contributed by atoms with E-state index in [-0.39, 0.29) is 6.61 Å². The fourth-order valence-electron chi connectivity index (χ4n) is 3.48. The lowest BCUT2D eigenvalue weighted by Gasteiger charge is -2.36. The second-order valence-corrected chi connectivity index (χ2v) is 6.80. The van der Waals surface area contributed by atoms with Crippen molar-refractivity contribution >= 4 is 5.69 Å². The first-order valence-corrected chi connectivity index (χ1v) is 9.48. The van der Waals surface area contributed by atoms with E-state index < -0.39 is 0 Å². The molecule has 6 heteroatoms. The SMILES string of the molecule is OCCCN1CCN(c2ccc(-n3ccc(-c4ccncc4)n3)cc2)CC1. The first-order chi connectivity index (χ1) is 13.3. The fourth-order valence-corrected chi connectivity index (χ4v) is 3.48. The predicted molar refractivity (Wildman–Crippen MR) is 107 cm³/mol. The number of anilines is 1. The van der Waals surface area contributed by atoms with Gasteiger partial charge in [-0.15, -0.1) is 0 Å². The number of hydrogen-bond acceptors (Lipinski definition) is 5. The summed E-state index contributed by atoms with van der Waals surface area (Å²) in [5.74, 6) is 0. The average Bonchev–Trinajstić information content (AvgIpc) is 3.24. The molecule has 140 valence electrons. The molecule has 1 saturated heterocycles. The monoisotopic (exact) mass is 363 g/mol. The number of hydrogen-bond donors (Lipinski definition) is 1. The van der Waals surface area contributed by atoms with Gasteiger partial charge in [0.25, 0.3) is 0 Å². The summed E-state index contributed by atoms with van der Waals surface area (Å²) in [6.07, 6.45) is 6.42. The summed E-state index contributed by atoms with van der Waals surface area (Å²) in [7, 11) is 0. The molecular weight excluding hydrogens is 338 g/mol. The minimum atomic E-state index is 0.276. The molecule has 0 amide bonds. The van der Waals surface area contributed by atoms with Crippen LogP contribution in [0, 0.1) is 0 Å². The molecule has 1 N–H and O–H groups in total. The van der Waals surface area contributed by atoms with Crippen LogP contribution in [0.1, 0.15) is 6.42 Å². The summed E-state index contributed by atoms with van der Waals surface area (Å²) in [5.41, 5.74) is 4.32. The van der Waals surface area contributed by atoms with Crippen molar-refractivity contribution in [3.05, 3.63) is 61.1 Å². The van der Waals surface area contributed by atoms with Crippen LogP contribution in [-0.2, 0) is 0 Å². The number of pyridine rings is 1. The quantitative estimate of drug-likeness (QED) is 0.729. The normalized spacial score (nSPS) is 15.2. The van der Waals surface area contributed by atoms with Gasteiger partial charge in [0.1, 0.15) is 0 Å². The van der Waals surface area contributed by atoms with Gasteiger partial charge >= 0.3 is 0 Å². The first-order valence-electron chi connectivity index (χ1n) is 9.48. The number of aromatic nitrogens is 3. The molecule has 4 rings (SSSR count). The smallest absolute Gasteiger partial charge is 0.0928 e. The van der Waals surface area contributed by atoms with Crippen molar-refractivity contribution in [3.63, 3.8) is 0 Å². The second-order valence-electron chi connectivity index (χ2n) is 6.80. The minimum Gasteiger partial charge on any atom is -0.396 e. The Morgan fingerprint density at radius 1 is 0.852 bits per heavy atom. The molecule has 6 nitrogen and oxygen atoms in total. The minimum absolute atomic E-state index is 0.276. The van der Waals surface area contributed by atoms with Crippen LogP contribution in [0.4, 0.5) is 5.69 Å². The van der Waals surface area contributed by atoms with Crippen molar-refractivity contribution in [1.82, 2.24) is 19.7 Å². The molecule has 0 unspecified atom stereocenters. The van der Waals surface area contributed by atoms with Gasteiger partial charge in [0, 0.05) is 69.2 Å². The highest BCUT2D eigenvalue weighted by Gasteiger charge is 2.16. The maximum atomic E-state index is 8.97. The molecule has 1 aliphatic rings. The van der Waals surface area contributed by atoms with Crippen molar-refractivity contribution in [1.29, 1.82) is 0 Å². The summed E-state index contributed by atoms with van der Waals surface area (Å²) >= 11 is 0. The lowest BCUT2D eigenvalue weighted by atomic mass is 10.2. The molecule has 1 aromatic carbocycles. The molecule has 0 aliphatic carbocycles. The highest BCUT2D eigenvalue weighted by molar-refractivity contribution is 5.58. The Kier molecular flexibility index (Phi) is 5.46. The van der Waals surface area contributed by atoms with Crippen molar-refractivity contribution in [2.45, 2.75) is 6.42 Å². The van der Waals surface area contributed by atoms with Crippen molar-refractivity contribution in [2.24, 2.45) is 0 Å². The van der Waals surface area contributed by atoms with Crippen molar-refractivity contribution in [2.75, 3.05) is 44.2 Å². The van der Waals surface area contributed by atoms with Crippen LogP contribution in [0.5, 0.6) is 0 Å². The Bertz CT molecular complexity index is 839. The van der Waals surface area contributed by atoms with Crippen LogP contribution in [0.3, 0.4) is 0 Å². The number of nitrogens with zero attached hydrogens (tertiary/aromatic N) is 5. The third kappa shape index (κ3) is 4.18. The van der Waals surface area contributed by atoms with Crippen LogP contribution in [0.2, 0.25) is 0 Å². The molecule has 1 fully saturated rings. The number of aliphatic hydroxyl groups excluding tert-OH is 1. The van der Waals surface area contributed by atoms with Gasteiger partial charge in [0.2, 0.25) is 0 Å². The van der Waals surface area contributed by atoms with Gasteiger partial charge in [-0.1, -0.05) is 0 Å². The van der Waals surface area contributed by atoms with E-state index >= 15 is 0 Å². The van der Waals surface area contributed by atoms with Gasteiger partial charge in [-0.25, -0.2) is 4.68 Å². The Labute approximate surface area is 159 Å². The predicted octanol–water partition coefficient (Wildman–Crippen LogP) is 2.44. The van der Waals surface area contributed by atoms with Crippen LogP contribution < -0.4 is 4.90 Å². The van der Waals surface area contributed by atoms with E-state index in [0.717, 1.165) is 56.1 Å². The van der Waals surface area contributed by atoms with E-state index in [1.165, 1.54) is 5.69 Å². The number of aliphatic hydroxyl groups is 1. The first kappa shape index (κ1) is 17.7. The molecule has 3 aromatic rings. The van der Waals surface area contributed by atoms with Gasteiger partial charge < -0.3 is 10.0 Å². The van der Waals surface area contributed by atoms with E-state index in [4.69, 9.17) is 5.11 Å². The topological polar surface area (TPSA) is 57.4 Å². The second kappa shape index (κ2) is 8.33. The van der Waals surface area contributed by atoms with E-state index in [1.54, 1.807) is 12.4 Å². The summed E-state index contributed by atoms with van der Waals surface area (Å²) < 4.78 is 1.91. The van der Waals surface area contributed by atoms with Crippen molar-refractivity contribution < 1.29 is 5.11 Å². The molecule has 0 atom stereocenters. The van der Waals surface area contributed by atoms with Crippen LogP contribution >= 0.6 is 0 Å². The fraction of sp³-hybridized carbons (Fsp3) is 0.333. The highest BCUT2D eigenvalue weighted by atomic mass is 16.3. The zero-order valence-corrected chi connectivity index (χ0v) is 15.4. The average molecular weight is 363 g/mol. The number of rotatable bonds is 6. The number of piperazine rings is 1. The third-order valence-electron chi connectivity index (χ3n) is 5.05. The molecular formula is C21H25N5O.